The Labute approximate surface area is 168 Å². The van der Waals surface area contributed by atoms with Crippen molar-refractivity contribution in [1.29, 1.82) is 0 Å². The van der Waals surface area contributed by atoms with Crippen molar-refractivity contribution in [2.75, 3.05) is 26.2 Å². The zero-order valence-electron chi connectivity index (χ0n) is 14.5. The molecule has 1 aliphatic rings. The topological polar surface area (TPSA) is 15.3 Å². The number of hydrogen-bond acceptors (Lipinski definition) is 2. The predicted octanol–water partition coefficient (Wildman–Crippen LogP) is 5.35. The Balaban J connectivity index is 0.00000131. The second-order valence-electron chi connectivity index (χ2n) is 6.46. The molecule has 7 heteroatoms. The lowest BCUT2D eigenvalue weighted by molar-refractivity contribution is -0.187. The minimum Gasteiger partial charge on any atom is -0.314 e. The molecule has 0 saturated carbocycles. The molecular formula is C20H21Cl2F3N2. The standard InChI is InChI=1S/C20H19F3N2.2ClH/c21-20(22,23)19(25-11-9-24-10-12-25)18-13-14-5-1-2-6-15(14)16-7-3-4-8-17(16)18;;/h1-8,13,19,24H,9-12H2;2*1H/t19-;;/m0../s1. The number of nitrogens with zero attached hydrogens (tertiary/aromatic N) is 1. The first-order chi connectivity index (χ1) is 12.1. The number of hydrogen-bond donors (Lipinski definition) is 1. The van der Waals surface area contributed by atoms with Gasteiger partial charge in [0.1, 0.15) is 6.04 Å². The molecule has 0 aromatic heterocycles. The second-order valence-corrected chi connectivity index (χ2v) is 6.46. The van der Waals surface area contributed by atoms with E-state index in [-0.39, 0.29) is 24.8 Å². The Hall–Kier alpha value is -1.53. The number of alkyl halides is 3. The summed E-state index contributed by atoms with van der Waals surface area (Å²) in [6.45, 7) is 1.95. The van der Waals surface area contributed by atoms with Crippen LogP contribution in [0.2, 0.25) is 0 Å². The summed E-state index contributed by atoms with van der Waals surface area (Å²) in [5, 5.41) is 6.52. The summed E-state index contributed by atoms with van der Waals surface area (Å²) in [7, 11) is 0. The summed E-state index contributed by atoms with van der Waals surface area (Å²) in [6, 6.07) is 15.2. The lowest BCUT2D eigenvalue weighted by Crippen LogP contribution is -2.49. The second kappa shape index (κ2) is 8.65. The van der Waals surface area contributed by atoms with Crippen LogP contribution in [0.3, 0.4) is 0 Å². The fourth-order valence-electron chi connectivity index (χ4n) is 3.83. The monoisotopic (exact) mass is 416 g/mol. The molecule has 3 aromatic rings. The van der Waals surface area contributed by atoms with Gasteiger partial charge >= 0.3 is 6.18 Å². The number of piperazine rings is 1. The molecule has 1 N–H and O–H groups in total. The fourth-order valence-corrected chi connectivity index (χ4v) is 3.83. The summed E-state index contributed by atoms with van der Waals surface area (Å²) in [5.74, 6) is 0. The van der Waals surface area contributed by atoms with E-state index in [0.29, 0.717) is 37.1 Å². The molecule has 1 fully saturated rings. The molecule has 0 spiro atoms. The molecule has 146 valence electrons. The molecule has 0 bridgehead atoms. The number of rotatable bonds is 2. The van der Waals surface area contributed by atoms with Crippen molar-refractivity contribution in [2.24, 2.45) is 0 Å². The molecule has 2 nitrogen and oxygen atoms in total. The summed E-state index contributed by atoms with van der Waals surface area (Å²) in [4.78, 5) is 1.55. The van der Waals surface area contributed by atoms with Crippen molar-refractivity contribution in [2.45, 2.75) is 12.2 Å². The van der Waals surface area contributed by atoms with Crippen molar-refractivity contribution < 1.29 is 13.2 Å². The van der Waals surface area contributed by atoms with Crippen LogP contribution in [-0.2, 0) is 0 Å². The van der Waals surface area contributed by atoms with E-state index in [9.17, 15) is 13.2 Å². The largest absolute Gasteiger partial charge is 0.408 e. The maximum Gasteiger partial charge on any atom is 0.408 e. The quantitative estimate of drug-likeness (QED) is 0.566. The predicted molar refractivity (Wildman–Crippen MR) is 109 cm³/mol. The van der Waals surface area contributed by atoms with Gasteiger partial charge < -0.3 is 5.32 Å². The summed E-state index contributed by atoms with van der Waals surface area (Å²) in [5.41, 5.74) is 0.351. The molecule has 0 aliphatic carbocycles. The molecule has 4 rings (SSSR count). The van der Waals surface area contributed by atoms with Crippen molar-refractivity contribution in [3.8, 4) is 0 Å². The van der Waals surface area contributed by atoms with Gasteiger partial charge in [0.15, 0.2) is 0 Å². The van der Waals surface area contributed by atoms with Crippen LogP contribution in [-0.4, -0.2) is 37.3 Å². The molecule has 0 unspecified atom stereocenters. The van der Waals surface area contributed by atoms with Crippen LogP contribution in [0.5, 0.6) is 0 Å². The van der Waals surface area contributed by atoms with E-state index in [0.717, 1.165) is 16.2 Å². The molecule has 1 saturated heterocycles. The van der Waals surface area contributed by atoms with Crippen molar-refractivity contribution in [3.05, 3.63) is 60.2 Å². The van der Waals surface area contributed by atoms with Gasteiger partial charge in [0, 0.05) is 26.2 Å². The van der Waals surface area contributed by atoms with Gasteiger partial charge in [0.2, 0.25) is 0 Å². The van der Waals surface area contributed by atoms with E-state index >= 15 is 0 Å². The van der Waals surface area contributed by atoms with Gasteiger partial charge in [-0.1, -0.05) is 48.5 Å². The Bertz CT molecular complexity index is 909. The molecule has 27 heavy (non-hydrogen) atoms. The number of benzene rings is 3. The van der Waals surface area contributed by atoms with Gasteiger partial charge in [-0.05, 0) is 33.2 Å². The van der Waals surface area contributed by atoms with E-state index in [1.54, 1.807) is 17.0 Å². The highest BCUT2D eigenvalue weighted by atomic mass is 35.5. The van der Waals surface area contributed by atoms with E-state index < -0.39 is 12.2 Å². The van der Waals surface area contributed by atoms with Crippen LogP contribution < -0.4 is 5.32 Å². The van der Waals surface area contributed by atoms with Crippen LogP contribution in [0.25, 0.3) is 21.5 Å². The maximum atomic E-state index is 14.1. The Kier molecular flexibility index (Phi) is 6.98. The molecule has 3 aromatic carbocycles. The SMILES string of the molecule is Cl.Cl.FC(F)(F)[C@H](c1cc2ccccc2c2ccccc12)N1CCNCC1. The van der Waals surface area contributed by atoms with Crippen molar-refractivity contribution in [1.82, 2.24) is 10.2 Å². The normalized spacial score (nSPS) is 16.6. The van der Waals surface area contributed by atoms with Crippen molar-refractivity contribution >= 4 is 46.4 Å². The number of fused-ring (bicyclic) bond motifs is 3. The molecular weight excluding hydrogens is 396 g/mol. The highest BCUT2D eigenvalue weighted by molar-refractivity contribution is 6.09. The molecule has 1 aliphatic heterocycles. The summed E-state index contributed by atoms with van der Waals surface area (Å²) in [6.07, 6.45) is -4.32. The fraction of sp³-hybridized carbons (Fsp3) is 0.300. The van der Waals surface area contributed by atoms with E-state index in [4.69, 9.17) is 0 Å². The average Bonchev–Trinajstić information content (AvgIpc) is 2.62. The van der Waals surface area contributed by atoms with Crippen LogP contribution in [0, 0.1) is 0 Å². The molecule has 0 radical (unpaired) electrons. The first-order valence-electron chi connectivity index (χ1n) is 8.47. The molecule has 1 atom stereocenters. The van der Waals surface area contributed by atoms with E-state index in [1.165, 1.54) is 0 Å². The lowest BCUT2D eigenvalue weighted by Gasteiger charge is -2.36. The highest BCUT2D eigenvalue weighted by Crippen LogP contribution is 2.42. The van der Waals surface area contributed by atoms with Crippen molar-refractivity contribution in [3.63, 3.8) is 0 Å². The number of halogens is 5. The zero-order valence-corrected chi connectivity index (χ0v) is 16.1. The van der Waals surface area contributed by atoms with Gasteiger partial charge in [0.25, 0.3) is 0 Å². The zero-order chi connectivity index (χ0) is 17.4. The third kappa shape index (κ3) is 4.16. The van der Waals surface area contributed by atoms with Crippen LogP contribution in [0.1, 0.15) is 11.6 Å². The Morgan fingerprint density at radius 2 is 1.37 bits per heavy atom. The van der Waals surface area contributed by atoms with Gasteiger partial charge in [-0.25, -0.2) is 0 Å². The first-order valence-corrected chi connectivity index (χ1v) is 8.47. The average molecular weight is 417 g/mol. The highest BCUT2D eigenvalue weighted by Gasteiger charge is 2.45. The van der Waals surface area contributed by atoms with Crippen LogP contribution in [0.4, 0.5) is 13.2 Å². The van der Waals surface area contributed by atoms with Crippen LogP contribution in [0.15, 0.2) is 54.6 Å². The third-order valence-corrected chi connectivity index (χ3v) is 4.92. The molecule has 1 heterocycles. The van der Waals surface area contributed by atoms with Gasteiger partial charge in [-0.15, -0.1) is 24.8 Å². The number of nitrogens with one attached hydrogen (secondary N) is 1. The van der Waals surface area contributed by atoms with Crippen LogP contribution >= 0.6 is 24.8 Å². The Morgan fingerprint density at radius 3 is 2.00 bits per heavy atom. The minimum atomic E-state index is -4.32. The maximum absolute atomic E-state index is 14.1. The van der Waals surface area contributed by atoms with E-state index in [1.807, 2.05) is 42.5 Å². The Morgan fingerprint density at radius 1 is 0.815 bits per heavy atom. The first kappa shape index (κ1) is 21.8. The van der Waals surface area contributed by atoms with Gasteiger partial charge in [-0.2, -0.15) is 13.2 Å². The van der Waals surface area contributed by atoms with E-state index in [2.05, 4.69) is 5.32 Å². The summed E-state index contributed by atoms with van der Waals surface area (Å²) < 4.78 is 42.2. The van der Waals surface area contributed by atoms with Gasteiger partial charge in [0.05, 0.1) is 0 Å². The summed E-state index contributed by atoms with van der Waals surface area (Å²) >= 11 is 0. The van der Waals surface area contributed by atoms with Gasteiger partial charge in [-0.3, -0.25) is 4.90 Å². The molecule has 0 amide bonds. The minimum absolute atomic E-state index is 0. The lowest BCUT2D eigenvalue weighted by atomic mass is 9.92. The third-order valence-electron chi connectivity index (χ3n) is 4.92. The smallest absolute Gasteiger partial charge is 0.314 e.